The summed E-state index contributed by atoms with van der Waals surface area (Å²) < 4.78 is 5.39. The molecule has 134 valence electrons. The SMILES string of the molecule is Cc1ccc(/C(N)=C/N(N)Cc2ccc(Cc3ccc(Cl)o3)cc2)cn1. The third-order valence-corrected chi connectivity index (χ3v) is 4.15. The zero-order chi connectivity index (χ0) is 18.5. The zero-order valence-electron chi connectivity index (χ0n) is 14.5. The number of nitrogens with two attached hydrogens (primary N) is 2. The van der Waals surface area contributed by atoms with E-state index in [0.29, 0.717) is 23.9 Å². The fraction of sp³-hybridized carbons (Fsp3) is 0.150. The molecule has 0 unspecified atom stereocenters. The van der Waals surface area contributed by atoms with E-state index in [9.17, 15) is 0 Å². The smallest absolute Gasteiger partial charge is 0.193 e. The second kappa shape index (κ2) is 8.08. The Balaban J connectivity index is 1.61. The molecule has 26 heavy (non-hydrogen) atoms. The highest BCUT2D eigenvalue weighted by Gasteiger charge is 2.04. The second-order valence-electron chi connectivity index (χ2n) is 6.14. The Labute approximate surface area is 157 Å². The van der Waals surface area contributed by atoms with Gasteiger partial charge in [0, 0.05) is 30.1 Å². The van der Waals surface area contributed by atoms with E-state index >= 15 is 0 Å². The van der Waals surface area contributed by atoms with Gasteiger partial charge in [0.2, 0.25) is 0 Å². The van der Waals surface area contributed by atoms with Crippen molar-refractivity contribution in [2.45, 2.75) is 19.9 Å². The van der Waals surface area contributed by atoms with Gasteiger partial charge in [-0.15, -0.1) is 0 Å². The van der Waals surface area contributed by atoms with Crippen molar-refractivity contribution in [1.82, 2.24) is 9.99 Å². The van der Waals surface area contributed by atoms with E-state index in [1.54, 1.807) is 23.5 Å². The van der Waals surface area contributed by atoms with Crippen LogP contribution in [-0.2, 0) is 13.0 Å². The first-order valence-electron chi connectivity index (χ1n) is 8.23. The molecule has 3 aromatic rings. The van der Waals surface area contributed by atoms with Gasteiger partial charge >= 0.3 is 0 Å². The van der Waals surface area contributed by atoms with E-state index in [4.69, 9.17) is 27.6 Å². The number of rotatable bonds is 6. The number of hydrazine groups is 1. The number of halogens is 1. The molecule has 0 saturated carbocycles. The molecule has 0 aliphatic rings. The van der Waals surface area contributed by atoms with Crippen molar-refractivity contribution in [2.24, 2.45) is 11.6 Å². The fourth-order valence-electron chi connectivity index (χ4n) is 2.56. The molecule has 6 heteroatoms. The van der Waals surface area contributed by atoms with Gasteiger partial charge < -0.3 is 15.2 Å². The number of furan rings is 1. The first-order chi connectivity index (χ1) is 12.5. The van der Waals surface area contributed by atoms with Gasteiger partial charge in [-0.3, -0.25) is 4.98 Å². The van der Waals surface area contributed by atoms with Crippen molar-refractivity contribution in [2.75, 3.05) is 0 Å². The highest BCUT2D eigenvalue weighted by molar-refractivity contribution is 6.28. The van der Waals surface area contributed by atoms with Crippen molar-refractivity contribution >= 4 is 17.3 Å². The van der Waals surface area contributed by atoms with Crippen LogP contribution in [0.4, 0.5) is 0 Å². The number of pyridine rings is 1. The largest absolute Gasteiger partial charge is 0.449 e. The quantitative estimate of drug-likeness (QED) is 0.510. The summed E-state index contributed by atoms with van der Waals surface area (Å²) in [7, 11) is 0. The molecule has 0 bridgehead atoms. The Bertz CT molecular complexity index is 885. The van der Waals surface area contributed by atoms with Crippen molar-refractivity contribution < 1.29 is 4.42 Å². The Morgan fingerprint density at radius 3 is 2.46 bits per heavy atom. The van der Waals surface area contributed by atoms with E-state index in [-0.39, 0.29) is 0 Å². The molecule has 2 heterocycles. The molecule has 0 amide bonds. The lowest BCUT2D eigenvalue weighted by atomic mass is 10.1. The summed E-state index contributed by atoms with van der Waals surface area (Å²) in [6, 6.07) is 15.7. The molecular formula is C20H21ClN4O. The number of aromatic nitrogens is 1. The molecule has 0 atom stereocenters. The van der Waals surface area contributed by atoms with Crippen LogP contribution in [0.2, 0.25) is 5.22 Å². The Kier molecular flexibility index (Phi) is 5.61. The molecule has 0 aliphatic heterocycles. The van der Waals surface area contributed by atoms with Gasteiger partial charge in [0.1, 0.15) is 5.76 Å². The number of hydrogen-bond donors (Lipinski definition) is 2. The summed E-state index contributed by atoms with van der Waals surface area (Å²) in [5, 5.41) is 1.97. The molecule has 0 radical (unpaired) electrons. The van der Waals surface area contributed by atoms with Crippen molar-refractivity contribution in [3.63, 3.8) is 0 Å². The maximum absolute atomic E-state index is 6.09. The average Bonchev–Trinajstić information content (AvgIpc) is 3.02. The minimum atomic E-state index is 0.406. The molecule has 4 N–H and O–H groups in total. The van der Waals surface area contributed by atoms with Gasteiger partial charge in [-0.05, 0) is 53.9 Å². The lowest BCUT2D eigenvalue weighted by molar-refractivity contribution is 0.388. The van der Waals surface area contributed by atoms with Crippen molar-refractivity contribution in [3.05, 3.63) is 94.3 Å². The van der Waals surface area contributed by atoms with E-state index in [1.807, 2.05) is 37.3 Å². The lowest BCUT2D eigenvalue weighted by Gasteiger charge is -2.15. The van der Waals surface area contributed by atoms with Gasteiger partial charge in [-0.25, -0.2) is 5.84 Å². The van der Waals surface area contributed by atoms with Gasteiger partial charge in [-0.2, -0.15) is 0 Å². The first kappa shape index (κ1) is 18.0. The highest BCUT2D eigenvalue weighted by atomic mass is 35.5. The normalized spacial score (nSPS) is 11.6. The van der Waals surface area contributed by atoms with E-state index in [2.05, 4.69) is 17.1 Å². The standard InChI is InChI=1S/C20H21ClN4O/c1-14-2-7-17(11-24-14)19(22)13-25(23)12-16-5-3-15(4-6-16)10-18-8-9-20(21)26-18/h2-9,11,13H,10,12,22-23H2,1H3/b19-13-. The van der Waals surface area contributed by atoms with Crippen LogP contribution in [0, 0.1) is 6.92 Å². The number of nitrogens with zero attached hydrogens (tertiary/aromatic N) is 2. The second-order valence-corrected chi connectivity index (χ2v) is 6.52. The van der Waals surface area contributed by atoms with E-state index < -0.39 is 0 Å². The van der Waals surface area contributed by atoms with Crippen LogP contribution >= 0.6 is 11.6 Å². The molecule has 5 nitrogen and oxygen atoms in total. The summed E-state index contributed by atoms with van der Waals surface area (Å²) in [5.41, 5.74) is 10.7. The van der Waals surface area contributed by atoms with Gasteiger partial charge in [0.25, 0.3) is 0 Å². The minimum Gasteiger partial charge on any atom is -0.449 e. The monoisotopic (exact) mass is 368 g/mol. The summed E-state index contributed by atoms with van der Waals surface area (Å²) in [4.78, 5) is 4.24. The summed E-state index contributed by atoms with van der Waals surface area (Å²) in [5.74, 6) is 6.90. The van der Waals surface area contributed by atoms with Crippen LogP contribution in [0.3, 0.4) is 0 Å². The Hall–Kier alpha value is -2.76. The molecule has 0 saturated heterocycles. The zero-order valence-corrected chi connectivity index (χ0v) is 15.3. The maximum atomic E-state index is 6.09. The predicted octanol–water partition coefficient (Wildman–Crippen LogP) is 3.86. The van der Waals surface area contributed by atoms with Crippen LogP contribution in [0.5, 0.6) is 0 Å². The molecular weight excluding hydrogens is 348 g/mol. The third-order valence-electron chi connectivity index (χ3n) is 3.94. The van der Waals surface area contributed by atoms with E-state index in [0.717, 1.165) is 28.1 Å². The highest BCUT2D eigenvalue weighted by Crippen LogP contribution is 2.17. The first-order valence-corrected chi connectivity index (χ1v) is 8.61. The average molecular weight is 369 g/mol. The lowest BCUT2D eigenvalue weighted by Crippen LogP contribution is -2.25. The third kappa shape index (κ3) is 4.88. The summed E-state index contributed by atoms with van der Waals surface area (Å²) in [6.45, 7) is 2.48. The Morgan fingerprint density at radius 1 is 1.12 bits per heavy atom. The van der Waals surface area contributed by atoms with Gasteiger partial charge in [0.05, 0.1) is 12.2 Å². The van der Waals surface area contributed by atoms with Crippen molar-refractivity contribution in [1.29, 1.82) is 0 Å². The van der Waals surface area contributed by atoms with Crippen LogP contribution < -0.4 is 11.6 Å². The number of hydrogen-bond acceptors (Lipinski definition) is 5. The molecule has 2 aromatic heterocycles. The van der Waals surface area contributed by atoms with Crippen LogP contribution in [0.1, 0.15) is 28.1 Å². The van der Waals surface area contributed by atoms with Crippen LogP contribution in [0.15, 0.2) is 65.3 Å². The van der Waals surface area contributed by atoms with Gasteiger partial charge in [0.15, 0.2) is 5.22 Å². The van der Waals surface area contributed by atoms with Crippen LogP contribution in [-0.4, -0.2) is 9.99 Å². The van der Waals surface area contributed by atoms with Gasteiger partial charge in [-0.1, -0.05) is 24.3 Å². The number of aryl methyl sites for hydroxylation is 1. The maximum Gasteiger partial charge on any atom is 0.193 e. The molecule has 0 aliphatic carbocycles. The summed E-state index contributed by atoms with van der Waals surface area (Å²) >= 11 is 5.80. The molecule has 1 aromatic carbocycles. The van der Waals surface area contributed by atoms with Crippen molar-refractivity contribution in [3.8, 4) is 0 Å². The molecule has 3 rings (SSSR count). The van der Waals surface area contributed by atoms with Crippen LogP contribution in [0.25, 0.3) is 5.70 Å². The summed E-state index contributed by atoms with van der Waals surface area (Å²) in [6.07, 6.45) is 4.16. The van der Waals surface area contributed by atoms with E-state index in [1.165, 1.54) is 0 Å². The Morgan fingerprint density at radius 2 is 1.85 bits per heavy atom. The predicted molar refractivity (Wildman–Crippen MR) is 104 cm³/mol. The minimum absolute atomic E-state index is 0.406. The fourth-order valence-corrected chi connectivity index (χ4v) is 2.72. The topological polar surface area (TPSA) is 81.3 Å². The molecule has 0 fully saturated rings. The molecule has 0 spiro atoms. The number of benzene rings is 1.